The first-order chi connectivity index (χ1) is 11.2. The summed E-state index contributed by atoms with van der Waals surface area (Å²) < 4.78 is 6.56. The van der Waals surface area contributed by atoms with Crippen molar-refractivity contribution >= 4 is 40.2 Å². The Morgan fingerprint density at radius 2 is 2.22 bits per heavy atom. The molecule has 7 heteroatoms. The number of unbranched alkanes of at least 4 members (excludes halogenated alkanes) is 1. The molecule has 1 aromatic carbocycles. The Morgan fingerprint density at radius 3 is 2.96 bits per heavy atom. The van der Waals surface area contributed by atoms with Crippen LogP contribution in [0.5, 0.6) is 5.75 Å². The molecule has 0 aliphatic heterocycles. The van der Waals surface area contributed by atoms with E-state index in [0.29, 0.717) is 11.7 Å². The fourth-order valence-corrected chi connectivity index (χ4v) is 2.90. The number of nitrogens with one attached hydrogen (secondary N) is 1. The van der Waals surface area contributed by atoms with Crippen LogP contribution in [0.4, 0.5) is 5.13 Å². The van der Waals surface area contributed by atoms with Crippen molar-refractivity contribution in [1.29, 1.82) is 0 Å². The molecule has 1 N–H and O–H groups in total. The van der Waals surface area contributed by atoms with Gasteiger partial charge in [-0.3, -0.25) is 10.1 Å². The predicted molar refractivity (Wildman–Crippen MR) is 96.2 cm³/mol. The van der Waals surface area contributed by atoms with Gasteiger partial charge in [-0.05, 0) is 24.8 Å². The minimum Gasteiger partial charge on any atom is -0.493 e. The molecule has 122 valence electrons. The van der Waals surface area contributed by atoms with Crippen molar-refractivity contribution in [3.05, 3.63) is 35.9 Å². The second-order valence-electron chi connectivity index (χ2n) is 4.64. The van der Waals surface area contributed by atoms with Crippen LogP contribution in [0.2, 0.25) is 0 Å². The zero-order valence-corrected chi connectivity index (χ0v) is 14.7. The summed E-state index contributed by atoms with van der Waals surface area (Å²) in [5, 5.41) is 11.0. The highest BCUT2D eigenvalue weighted by Gasteiger charge is 2.06. The van der Waals surface area contributed by atoms with Crippen molar-refractivity contribution in [3.63, 3.8) is 0 Å². The van der Waals surface area contributed by atoms with Crippen molar-refractivity contribution in [1.82, 2.24) is 10.2 Å². The standard InChI is InChI=1S/C16H19N3O2S2/c1-3-4-11-21-13-8-6-5-7-12(13)9-10-14(20)17-15-18-19-16(22-2)23-15/h5-10H,3-4,11H2,1-2H3,(H,17,18,20)/b10-9+. The number of hydrogen-bond acceptors (Lipinski definition) is 6. The van der Waals surface area contributed by atoms with Crippen LogP contribution in [0.25, 0.3) is 6.08 Å². The number of benzene rings is 1. The average molecular weight is 349 g/mol. The molecule has 1 heterocycles. The Balaban J connectivity index is 1.97. The third kappa shape index (κ3) is 5.69. The van der Waals surface area contributed by atoms with Crippen molar-refractivity contribution < 1.29 is 9.53 Å². The lowest BCUT2D eigenvalue weighted by Gasteiger charge is -2.08. The summed E-state index contributed by atoms with van der Waals surface area (Å²) >= 11 is 2.85. The molecule has 0 bridgehead atoms. The van der Waals surface area contributed by atoms with Gasteiger partial charge in [0.05, 0.1) is 6.61 Å². The van der Waals surface area contributed by atoms with Crippen LogP contribution in [0.1, 0.15) is 25.3 Å². The predicted octanol–water partition coefficient (Wildman–Crippen LogP) is 4.09. The first-order valence-corrected chi connectivity index (χ1v) is 9.35. The van der Waals surface area contributed by atoms with Gasteiger partial charge in [0.25, 0.3) is 0 Å². The third-order valence-electron chi connectivity index (χ3n) is 2.90. The molecule has 0 spiro atoms. The van der Waals surface area contributed by atoms with E-state index < -0.39 is 0 Å². The fourth-order valence-electron chi connectivity index (χ4n) is 1.73. The summed E-state index contributed by atoms with van der Waals surface area (Å²) in [4.78, 5) is 11.9. The van der Waals surface area contributed by atoms with Gasteiger partial charge in [0.1, 0.15) is 5.75 Å². The molecule has 0 aliphatic rings. The van der Waals surface area contributed by atoms with E-state index in [4.69, 9.17) is 4.74 Å². The summed E-state index contributed by atoms with van der Waals surface area (Å²) in [6.45, 7) is 2.80. The molecule has 2 aromatic rings. The monoisotopic (exact) mass is 349 g/mol. The summed E-state index contributed by atoms with van der Waals surface area (Å²) in [5.74, 6) is 0.544. The second kappa shape index (κ2) is 9.32. The molecule has 0 aliphatic carbocycles. The van der Waals surface area contributed by atoms with Gasteiger partial charge in [-0.15, -0.1) is 10.2 Å². The zero-order valence-electron chi connectivity index (χ0n) is 13.1. The van der Waals surface area contributed by atoms with Gasteiger partial charge in [-0.2, -0.15) is 0 Å². The Kier molecular flexibility index (Phi) is 7.09. The lowest BCUT2D eigenvalue weighted by atomic mass is 10.2. The number of aromatic nitrogens is 2. The van der Waals surface area contributed by atoms with Gasteiger partial charge in [-0.1, -0.05) is 54.6 Å². The zero-order chi connectivity index (χ0) is 16.5. The lowest BCUT2D eigenvalue weighted by molar-refractivity contribution is -0.111. The van der Waals surface area contributed by atoms with Crippen LogP contribution in [0, 0.1) is 0 Å². The van der Waals surface area contributed by atoms with Gasteiger partial charge in [0.2, 0.25) is 11.0 Å². The number of rotatable bonds is 8. The van der Waals surface area contributed by atoms with Gasteiger partial charge >= 0.3 is 0 Å². The minimum atomic E-state index is -0.239. The highest BCUT2D eigenvalue weighted by molar-refractivity contribution is 8.00. The molecule has 23 heavy (non-hydrogen) atoms. The largest absolute Gasteiger partial charge is 0.493 e. The molecule has 0 fully saturated rings. The Hall–Kier alpha value is -1.86. The number of ether oxygens (including phenoxy) is 1. The van der Waals surface area contributed by atoms with E-state index in [1.807, 2.05) is 30.5 Å². The van der Waals surface area contributed by atoms with E-state index in [1.54, 1.807) is 6.08 Å². The molecular formula is C16H19N3O2S2. The van der Waals surface area contributed by atoms with Gasteiger partial charge in [-0.25, -0.2) is 0 Å². The van der Waals surface area contributed by atoms with Crippen LogP contribution in [0.15, 0.2) is 34.7 Å². The maximum atomic E-state index is 11.9. The second-order valence-corrected chi connectivity index (χ2v) is 6.67. The maximum Gasteiger partial charge on any atom is 0.250 e. The third-order valence-corrected chi connectivity index (χ3v) is 4.71. The molecule has 0 unspecified atom stereocenters. The van der Waals surface area contributed by atoms with Crippen LogP contribution < -0.4 is 10.1 Å². The highest BCUT2D eigenvalue weighted by Crippen LogP contribution is 2.23. The van der Waals surface area contributed by atoms with Crippen LogP contribution in [-0.4, -0.2) is 29.0 Å². The number of thioether (sulfide) groups is 1. The Labute approximate surface area is 144 Å². The molecule has 1 aromatic heterocycles. The number of anilines is 1. The SMILES string of the molecule is CCCCOc1ccccc1/C=C/C(=O)Nc1nnc(SC)s1. The van der Waals surface area contributed by atoms with E-state index >= 15 is 0 Å². The Morgan fingerprint density at radius 1 is 1.39 bits per heavy atom. The molecule has 2 rings (SSSR count). The average Bonchev–Trinajstić information content (AvgIpc) is 3.02. The lowest BCUT2D eigenvalue weighted by Crippen LogP contribution is -2.07. The first kappa shape index (κ1) is 17.5. The van der Waals surface area contributed by atoms with E-state index in [9.17, 15) is 4.79 Å². The molecule has 1 amide bonds. The van der Waals surface area contributed by atoms with Crippen LogP contribution in [-0.2, 0) is 4.79 Å². The Bertz CT molecular complexity index is 671. The normalized spacial score (nSPS) is 10.9. The quantitative estimate of drug-likeness (QED) is 0.336. The van der Waals surface area contributed by atoms with Crippen molar-refractivity contribution in [2.45, 2.75) is 24.1 Å². The number of nitrogens with zero attached hydrogens (tertiary/aromatic N) is 2. The fraction of sp³-hybridized carbons (Fsp3) is 0.312. The van der Waals surface area contributed by atoms with E-state index in [1.165, 1.54) is 29.2 Å². The molecule has 5 nitrogen and oxygen atoms in total. The first-order valence-electron chi connectivity index (χ1n) is 7.31. The number of carbonyl (C=O) groups excluding carboxylic acids is 1. The van der Waals surface area contributed by atoms with Crippen molar-refractivity contribution in [2.24, 2.45) is 0 Å². The summed E-state index contributed by atoms with van der Waals surface area (Å²) in [6, 6.07) is 7.66. The number of para-hydroxylation sites is 1. The van der Waals surface area contributed by atoms with Crippen LogP contribution >= 0.6 is 23.1 Å². The highest BCUT2D eigenvalue weighted by atomic mass is 32.2. The summed E-state index contributed by atoms with van der Waals surface area (Å²) in [5.41, 5.74) is 0.876. The van der Waals surface area contributed by atoms with E-state index in [2.05, 4.69) is 22.4 Å². The number of carbonyl (C=O) groups is 1. The molecule has 0 atom stereocenters. The summed E-state index contributed by atoms with van der Waals surface area (Å²) in [7, 11) is 0. The summed E-state index contributed by atoms with van der Waals surface area (Å²) in [6.07, 6.45) is 7.23. The van der Waals surface area contributed by atoms with Crippen molar-refractivity contribution in [3.8, 4) is 5.75 Å². The van der Waals surface area contributed by atoms with E-state index in [0.717, 1.165) is 28.5 Å². The molecule has 0 saturated carbocycles. The van der Waals surface area contributed by atoms with Crippen molar-refractivity contribution in [2.75, 3.05) is 18.2 Å². The maximum absolute atomic E-state index is 11.9. The van der Waals surface area contributed by atoms with Crippen LogP contribution in [0.3, 0.4) is 0 Å². The smallest absolute Gasteiger partial charge is 0.250 e. The van der Waals surface area contributed by atoms with Gasteiger partial charge in [0.15, 0.2) is 4.34 Å². The molecule has 0 radical (unpaired) electrons. The molecule has 0 saturated heterocycles. The number of hydrogen-bond donors (Lipinski definition) is 1. The topological polar surface area (TPSA) is 64.1 Å². The van der Waals surface area contributed by atoms with Gasteiger partial charge in [0, 0.05) is 11.6 Å². The van der Waals surface area contributed by atoms with Gasteiger partial charge < -0.3 is 4.74 Å². The minimum absolute atomic E-state index is 0.239. The number of amides is 1. The van der Waals surface area contributed by atoms with E-state index in [-0.39, 0.29) is 5.91 Å². The molecular weight excluding hydrogens is 330 g/mol.